The first-order valence-electron chi connectivity index (χ1n) is 9.22. The first-order valence-corrected chi connectivity index (χ1v) is 9.22. The Balaban J connectivity index is 1.60. The Bertz CT molecular complexity index is 1100. The lowest BCUT2D eigenvalue weighted by atomic mass is 10.2. The number of nitrogens with one attached hydrogen (secondary N) is 1. The zero-order valence-electron chi connectivity index (χ0n) is 15.6. The number of nitrogens with zero attached hydrogens (tertiary/aromatic N) is 2. The van der Waals surface area contributed by atoms with Gasteiger partial charge in [0.05, 0.1) is 23.3 Å². The first-order chi connectivity index (χ1) is 13.7. The fraction of sp³-hybridized carbons (Fsp3) is 0.130. The summed E-state index contributed by atoms with van der Waals surface area (Å²) in [5.41, 5.74) is 3.15. The molecule has 4 rings (SSSR count). The van der Waals surface area contributed by atoms with E-state index in [1.807, 2.05) is 43.3 Å². The molecule has 5 nitrogen and oxygen atoms in total. The highest BCUT2D eigenvalue weighted by Gasteiger charge is 2.18. The number of amides is 1. The van der Waals surface area contributed by atoms with Crippen LogP contribution in [0.5, 0.6) is 0 Å². The van der Waals surface area contributed by atoms with Gasteiger partial charge >= 0.3 is 0 Å². The molecule has 2 heterocycles. The van der Waals surface area contributed by atoms with Crippen LogP contribution < -0.4 is 5.32 Å². The molecule has 0 saturated heterocycles. The van der Waals surface area contributed by atoms with Gasteiger partial charge in [-0.05, 0) is 42.8 Å². The Labute approximate surface area is 163 Å². The summed E-state index contributed by atoms with van der Waals surface area (Å²) >= 11 is 0. The molecular formula is C23H21N3O2. The lowest BCUT2D eigenvalue weighted by molar-refractivity contribution is -0.117. The van der Waals surface area contributed by atoms with E-state index in [4.69, 9.17) is 9.40 Å². The van der Waals surface area contributed by atoms with Crippen molar-refractivity contribution >= 4 is 23.0 Å². The van der Waals surface area contributed by atoms with Gasteiger partial charge in [-0.3, -0.25) is 4.79 Å². The van der Waals surface area contributed by atoms with Gasteiger partial charge in [0, 0.05) is 12.6 Å². The minimum Gasteiger partial charge on any atom is -0.465 e. The van der Waals surface area contributed by atoms with E-state index < -0.39 is 0 Å². The second-order valence-corrected chi connectivity index (χ2v) is 6.61. The molecule has 0 aliphatic carbocycles. The summed E-state index contributed by atoms with van der Waals surface area (Å²) in [5.74, 6) is 1.27. The van der Waals surface area contributed by atoms with Gasteiger partial charge < -0.3 is 14.3 Å². The molecule has 4 aromatic rings. The molecule has 0 aliphatic heterocycles. The lowest BCUT2D eigenvalue weighted by Crippen LogP contribution is -2.27. The molecule has 0 saturated carbocycles. The number of para-hydroxylation sites is 2. The third-order valence-corrected chi connectivity index (χ3v) is 4.56. The Kier molecular flexibility index (Phi) is 5.06. The molecule has 28 heavy (non-hydrogen) atoms. The predicted octanol–water partition coefficient (Wildman–Crippen LogP) is 4.57. The zero-order valence-corrected chi connectivity index (χ0v) is 15.6. The van der Waals surface area contributed by atoms with E-state index in [2.05, 4.69) is 28.1 Å². The number of imidazole rings is 1. The Morgan fingerprint density at radius 3 is 2.68 bits per heavy atom. The quantitative estimate of drug-likeness (QED) is 0.505. The maximum atomic E-state index is 12.3. The van der Waals surface area contributed by atoms with Crippen LogP contribution in [0.3, 0.4) is 0 Å². The van der Waals surface area contributed by atoms with E-state index in [-0.39, 0.29) is 11.9 Å². The standard InChI is InChI=1S/C23H21N3O2/c1-17(24-22(27)14-13-19-10-7-15-28-19)23-25-20-11-5-6-12-21(20)26(23)16-18-8-3-2-4-9-18/h2-15,17H,16H2,1H3,(H,24,27)/b14-13+/t17-/m0/s1. The molecule has 1 N–H and O–H groups in total. The summed E-state index contributed by atoms with van der Waals surface area (Å²) in [6.45, 7) is 2.64. The SMILES string of the molecule is C[C@H](NC(=O)/C=C/c1ccco1)c1nc2ccccc2n1Cc1ccccc1. The van der Waals surface area contributed by atoms with Gasteiger partial charge in [0.25, 0.3) is 0 Å². The average Bonchev–Trinajstić information content (AvgIpc) is 3.36. The van der Waals surface area contributed by atoms with Crippen molar-refractivity contribution in [2.45, 2.75) is 19.5 Å². The van der Waals surface area contributed by atoms with Crippen LogP contribution in [0, 0.1) is 0 Å². The maximum absolute atomic E-state index is 12.3. The summed E-state index contributed by atoms with van der Waals surface area (Å²) in [5, 5.41) is 3.00. The minimum atomic E-state index is -0.245. The van der Waals surface area contributed by atoms with Gasteiger partial charge in [-0.15, -0.1) is 0 Å². The maximum Gasteiger partial charge on any atom is 0.244 e. The smallest absolute Gasteiger partial charge is 0.244 e. The number of benzene rings is 2. The second-order valence-electron chi connectivity index (χ2n) is 6.61. The van der Waals surface area contributed by atoms with Crippen LogP contribution in [0.15, 0.2) is 83.5 Å². The number of rotatable bonds is 6. The molecule has 0 fully saturated rings. The van der Waals surface area contributed by atoms with Crippen molar-refractivity contribution in [3.8, 4) is 0 Å². The molecule has 0 radical (unpaired) electrons. The molecule has 0 aliphatic rings. The van der Waals surface area contributed by atoms with Crippen molar-refractivity contribution in [3.05, 3.63) is 96.2 Å². The first kappa shape index (κ1) is 17.8. The predicted molar refractivity (Wildman–Crippen MR) is 110 cm³/mol. The molecule has 140 valence electrons. The average molecular weight is 371 g/mol. The molecule has 0 unspecified atom stereocenters. The largest absolute Gasteiger partial charge is 0.465 e. The third kappa shape index (κ3) is 3.88. The van der Waals surface area contributed by atoms with Gasteiger partial charge in [-0.2, -0.15) is 0 Å². The summed E-state index contributed by atoms with van der Waals surface area (Å²) in [4.78, 5) is 17.1. The highest BCUT2D eigenvalue weighted by molar-refractivity contribution is 5.91. The van der Waals surface area contributed by atoms with E-state index >= 15 is 0 Å². The van der Waals surface area contributed by atoms with E-state index in [1.54, 1.807) is 24.5 Å². The number of hydrogen-bond donors (Lipinski definition) is 1. The van der Waals surface area contributed by atoms with Crippen LogP contribution in [0.25, 0.3) is 17.1 Å². The second kappa shape index (κ2) is 7.96. The van der Waals surface area contributed by atoms with Crippen molar-refractivity contribution in [1.82, 2.24) is 14.9 Å². The van der Waals surface area contributed by atoms with E-state index in [9.17, 15) is 4.79 Å². The van der Waals surface area contributed by atoms with Gasteiger partial charge in [-0.1, -0.05) is 42.5 Å². The van der Waals surface area contributed by atoms with Crippen molar-refractivity contribution in [2.75, 3.05) is 0 Å². The minimum absolute atomic E-state index is 0.192. The van der Waals surface area contributed by atoms with Gasteiger partial charge in [0.1, 0.15) is 11.6 Å². The molecule has 5 heteroatoms. The van der Waals surface area contributed by atoms with Gasteiger partial charge in [-0.25, -0.2) is 4.98 Å². The summed E-state index contributed by atoms with van der Waals surface area (Å²) in [6, 6.07) is 21.6. The summed E-state index contributed by atoms with van der Waals surface area (Å²) in [7, 11) is 0. The van der Waals surface area contributed by atoms with Crippen LogP contribution >= 0.6 is 0 Å². The van der Waals surface area contributed by atoms with E-state index in [0.717, 1.165) is 16.9 Å². The van der Waals surface area contributed by atoms with Crippen LogP contribution in [-0.4, -0.2) is 15.5 Å². The molecule has 2 aromatic heterocycles. The van der Waals surface area contributed by atoms with Crippen LogP contribution in [0.1, 0.15) is 30.1 Å². The Hall–Kier alpha value is -3.60. The summed E-state index contributed by atoms with van der Waals surface area (Å²) < 4.78 is 7.37. The Morgan fingerprint density at radius 1 is 1.11 bits per heavy atom. The molecule has 0 bridgehead atoms. The Morgan fingerprint density at radius 2 is 1.89 bits per heavy atom. The van der Waals surface area contributed by atoms with Gasteiger partial charge in [0.15, 0.2) is 0 Å². The fourth-order valence-corrected chi connectivity index (χ4v) is 3.23. The van der Waals surface area contributed by atoms with Crippen LogP contribution in [0.2, 0.25) is 0 Å². The number of hydrogen-bond acceptors (Lipinski definition) is 3. The molecule has 1 atom stereocenters. The van der Waals surface area contributed by atoms with Crippen LogP contribution in [0.4, 0.5) is 0 Å². The number of furan rings is 1. The number of carbonyl (C=O) groups excluding carboxylic acids is 1. The fourth-order valence-electron chi connectivity index (χ4n) is 3.23. The van der Waals surface area contributed by atoms with Crippen molar-refractivity contribution in [3.63, 3.8) is 0 Å². The van der Waals surface area contributed by atoms with Crippen molar-refractivity contribution in [2.24, 2.45) is 0 Å². The number of aromatic nitrogens is 2. The third-order valence-electron chi connectivity index (χ3n) is 4.56. The topological polar surface area (TPSA) is 60.1 Å². The van der Waals surface area contributed by atoms with Gasteiger partial charge in [0.2, 0.25) is 5.91 Å². The summed E-state index contributed by atoms with van der Waals surface area (Å²) in [6.07, 6.45) is 4.70. The highest BCUT2D eigenvalue weighted by Crippen LogP contribution is 2.22. The lowest BCUT2D eigenvalue weighted by Gasteiger charge is -2.15. The number of carbonyl (C=O) groups is 1. The number of fused-ring (bicyclic) bond motifs is 1. The van der Waals surface area contributed by atoms with Crippen molar-refractivity contribution in [1.29, 1.82) is 0 Å². The van der Waals surface area contributed by atoms with E-state index in [1.165, 1.54) is 11.6 Å². The van der Waals surface area contributed by atoms with Crippen molar-refractivity contribution < 1.29 is 9.21 Å². The normalized spacial score (nSPS) is 12.5. The molecular weight excluding hydrogens is 350 g/mol. The molecule has 2 aromatic carbocycles. The monoisotopic (exact) mass is 371 g/mol. The van der Waals surface area contributed by atoms with E-state index in [0.29, 0.717) is 12.3 Å². The molecule has 1 amide bonds. The molecule has 0 spiro atoms. The van der Waals surface area contributed by atoms with Crippen LogP contribution in [-0.2, 0) is 11.3 Å². The highest BCUT2D eigenvalue weighted by atomic mass is 16.3. The zero-order chi connectivity index (χ0) is 19.3.